The molecule has 2 N–H and O–H groups in total. The lowest BCUT2D eigenvalue weighted by Crippen LogP contribution is -2.45. The third kappa shape index (κ3) is 42.4. The smallest absolute Gasteiger partial charge is 0.268 e. The van der Waals surface area contributed by atoms with Crippen LogP contribution in [0.25, 0.3) is 0 Å². The van der Waals surface area contributed by atoms with Crippen LogP contribution in [0.4, 0.5) is 0 Å². The van der Waals surface area contributed by atoms with Crippen molar-refractivity contribution in [3.8, 4) is 0 Å². The Kier molecular flexibility index (Phi) is 38.8. The molecular weight excluding hydrogens is 732 g/mol. The lowest BCUT2D eigenvalue weighted by atomic mass is 10.0. The van der Waals surface area contributed by atoms with Gasteiger partial charge < -0.3 is 28.8 Å². The Labute approximate surface area is 352 Å². The molecule has 57 heavy (non-hydrogen) atoms. The number of nitrogens with zero attached hydrogens (tertiary/aromatic N) is 1. The second-order valence-corrected chi connectivity index (χ2v) is 18.5. The van der Waals surface area contributed by atoms with Crippen LogP contribution in [-0.4, -0.2) is 68.5 Å². The lowest BCUT2D eigenvalue weighted by Gasteiger charge is -2.29. The molecule has 0 aliphatic rings. The van der Waals surface area contributed by atoms with Crippen molar-refractivity contribution in [2.45, 2.75) is 212 Å². The largest absolute Gasteiger partial charge is 0.756 e. The van der Waals surface area contributed by atoms with Crippen LogP contribution in [0.5, 0.6) is 0 Å². The van der Waals surface area contributed by atoms with Crippen LogP contribution < -0.4 is 10.2 Å². The van der Waals surface area contributed by atoms with Crippen molar-refractivity contribution < 1.29 is 32.9 Å². The van der Waals surface area contributed by atoms with Crippen molar-refractivity contribution in [2.24, 2.45) is 0 Å². The fourth-order valence-corrected chi connectivity index (χ4v) is 7.21. The average Bonchev–Trinajstić information content (AvgIpc) is 3.16. The van der Waals surface area contributed by atoms with Gasteiger partial charge in [0.2, 0.25) is 5.91 Å². The molecule has 0 aliphatic carbocycles. The van der Waals surface area contributed by atoms with E-state index in [1.807, 2.05) is 27.2 Å². The van der Waals surface area contributed by atoms with Crippen LogP contribution in [-0.2, 0) is 18.4 Å². The first kappa shape index (κ1) is 55.5. The highest BCUT2D eigenvalue weighted by atomic mass is 31.2. The summed E-state index contributed by atoms with van der Waals surface area (Å²) < 4.78 is 23.2. The Morgan fingerprint density at radius 3 is 1.56 bits per heavy atom. The number of allylic oxidation sites excluding steroid dienone is 7. The van der Waals surface area contributed by atoms with Gasteiger partial charge in [0.25, 0.3) is 7.82 Å². The first-order chi connectivity index (χ1) is 27.5. The summed E-state index contributed by atoms with van der Waals surface area (Å²) in [6, 6.07) is -0.910. The zero-order valence-corrected chi connectivity index (χ0v) is 38.7. The van der Waals surface area contributed by atoms with Crippen molar-refractivity contribution in [2.75, 3.05) is 40.9 Å². The quantitative estimate of drug-likeness (QED) is 0.0275. The normalized spacial score (nSPS) is 14.7. The van der Waals surface area contributed by atoms with Gasteiger partial charge in [-0.15, -0.1) is 0 Å². The average molecular weight is 823 g/mol. The molecule has 334 valence electrons. The standard InChI is InChI=1S/C48H91N2O6P/c1-6-8-10-12-14-16-18-20-22-23-24-25-26-28-29-31-33-35-37-39-41-47(51)46(45-56-57(53,54)55-44-43-50(3,4)5)49-48(52)42-40-38-36-34-32-30-27-21-19-17-15-13-11-9-7-2/h15,17,21,27,31,33,39,41,46-47,51H,6-14,16,18-20,22-26,28-30,32,34-38,40,42-45H2,1-5H3,(H-,49,52,53,54)/b17-15-,27-21-,33-31+,41-39+. The number of likely N-dealkylation sites (N-methyl/N-ethyl adjacent to an activating group) is 1. The first-order valence-electron chi connectivity index (χ1n) is 23.5. The van der Waals surface area contributed by atoms with E-state index >= 15 is 0 Å². The number of aliphatic hydroxyl groups excluding tert-OH is 1. The number of carbonyl (C=O) groups is 1. The van der Waals surface area contributed by atoms with Gasteiger partial charge in [-0.05, 0) is 64.2 Å². The zero-order chi connectivity index (χ0) is 42.1. The van der Waals surface area contributed by atoms with E-state index in [1.54, 1.807) is 6.08 Å². The van der Waals surface area contributed by atoms with Gasteiger partial charge in [0.15, 0.2) is 0 Å². The van der Waals surface area contributed by atoms with E-state index in [4.69, 9.17) is 9.05 Å². The van der Waals surface area contributed by atoms with Crippen LogP contribution in [0.3, 0.4) is 0 Å². The Bertz CT molecular complexity index is 1070. The van der Waals surface area contributed by atoms with Gasteiger partial charge in [0.05, 0.1) is 39.9 Å². The molecule has 0 heterocycles. The number of nitrogens with one attached hydrogen (secondary N) is 1. The van der Waals surface area contributed by atoms with E-state index in [-0.39, 0.29) is 12.5 Å². The SMILES string of the molecule is CCCCC/C=C\C/C=C\CCCCCCCC(=O)NC(COP(=O)([O-])OCC[N+](C)(C)C)C(O)/C=C/CC/C=C/CCCCCCCCCCCCCCCC. The van der Waals surface area contributed by atoms with E-state index < -0.39 is 26.6 Å². The minimum absolute atomic E-state index is 0.0104. The fraction of sp³-hybridized carbons (Fsp3) is 0.812. The van der Waals surface area contributed by atoms with Gasteiger partial charge >= 0.3 is 0 Å². The molecule has 1 amide bonds. The monoisotopic (exact) mass is 823 g/mol. The summed E-state index contributed by atoms with van der Waals surface area (Å²) in [5.41, 5.74) is 0. The van der Waals surface area contributed by atoms with E-state index in [2.05, 4.69) is 55.6 Å². The molecule has 0 fully saturated rings. The maximum absolute atomic E-state index is 12.9. The number of carbonyl (C=O) groups excluding carboxylic acids is 1. The van der Waals surface area contributed by atoms with E-state index in [9.17, 15) is 19.4 Å². The number of hydrogen-bond donors (Lipinski definition) is 2. The molecule has 8 nitrogen and oxygen atoms in total. The highest BCUT2D eigenvalue weighted by molar-refractivity contribution is 7.45. The Morgan fingerprint density at radius 1 is 0.614 bits per heavy atom. The number of rotatable bonds is 42. The molecule has 3 atom stereocenters. The van der Waals surface area contributed by atoms with Crippen molar-refractivity contribution in [1.29, 1.82) is 0 Å². The number of quaternary nitrogens is 1. The summed E-state index contributed by atoms with van der Waals surface area (Å²) in [4.78, 5) is 25.3. The molecule has 0 saturated carbocycles. The summed E-state index contributed by atoms with van der Waals surface area (Å²) in [7, 11) is 1.23. The third-order valence-electron chi connectivity index (χ3n) is 10.3. The molecule has 0 saturated heterocycles. The van der Waals surface area contributed by atoms with Crippen LogP contribution in [0, 0.1) is 0 Å². The van der Waals surface area contributed by atoms with Crippen LogP contribution in [0.2, 0.25) is 0 Å². The molecule has 0 aliphatic heterocycles. The Morgan fingerprint density at radius 2 is 1.04 bits per heavy atom. The zero-order valence-electron chi connectivity index (χ0n) is 37.8. The lowest BCUT2D eigenvalue weighted by molar-refractivity contribution is -0.870. The second kappa shape index (κ2) is 39.9. The van der Waals surface area contributed by atoms with E-state index in [1.165, 1.54) is 116 Å². The van der Waals surface area contributed by atoms with Crippen molar-refractivity contribution in [3.63, 3.8) is 0 Å². The van der Waals surface area contributed by atoms with Crippen LogP contribution in [0.1, 0.15) is 200 Å². The summed E-state index contributed by atoms with van der Waals surface area (Å²) >= 11 is 0. The summed E-state index contributed by atoms with van der Waals surface area (Å²) in [6.07, 6.45) is 50.2. The summed E-state index contributed by atoms with van der Waals surface area (Å²) in [5.74, 6) is -0.222. The van der Waals surface area contributed by atoms with E-state index in [0.29, 0.717) is 17.4 Å². The van der Waals surface area contributed by atoms with Gasteiger partial charge in [-0.1, -0.05) is 178 Å². The number of hydrogen-bond acceptors (Lipinski definition) is 6. The van der Waals surface area contributed by atoms with Gasteiger partial charge in [-0.2, -0.15) is 0 Å². The Hall–Kier alpha value is -1.54. The van der Waals surface area contributed by atoms with E-state index in [0.717, 1.165) is 64.2 Å². The number of amides is 1. The molecule has 0 spiro atoms. The van der Waals surface area contributed by atoms with Gasteiger partial charge in [-0.25, -0.2) is 0 Å². The summed E-state index contributed by atoms with van der Waals surface area (Å²) in [5, 5.41) is 13.8. The number of phosphoric acid groups is 1. The van der Waals surface area contributed by atoms with Gasteiger partial charge in [0, 0.05) is 6.42 Å². The molecule has 0 rings (SSSR count). The summed E-state index contributed by atoms with van der Waals surface area (Å²) in [6.45, 7) is 4.58. The predicted molar refractivity (Wildman–Crippen MR) is 242 cm³/mol. The Balaban J connectivity index is 4.45. The second-order valence-electron chi connectivity index (χ2n) is 17.1. The maximum Gasteiger partial charge on any atom is 0.268 e. The fourth-order valence-electron chi connectivity index (χ4n) is 6.49. The molecular formula is C48H91N2O6P. The minimum atomic E-state index is -4.60. The number of phosphoric ester groups is 1. The van der Waals surface area contributed by atoms with Gasteiger partial charge in [-0.3, -0.25) is 9.36 Å². The van der Waals surface area contributed by atoms with Crippen LogP contribution in [0.15, 0.2) is 48.6 Å². The van der Waals surface area contributed by atoms with Crippen molar-refractivity contribution >= 4 is 13.7 Å². The molecule has 0 aromatic carbocycles. The van der Waals surface area contributed by atoms with Crippen molar-refractivity contribution in [1.82, 2.24) is 5.32 Å². The van der Waals surface area contributed by atoms with Crippen molar-refractivity contribution in [3.05, 3.63) is 48.6 Å². The molecule has 0 aromatic rings. The maximum atomic E-state index is 12.9. The highest BCUT2D eigenvalue weighted by Crippen LogP contribution is 2.38. The first-order valence-corrected chi connectivity index (χ1v) is 25.0. The predicted octanol–water partition coefficient (Wildman–Crippen LogP) is 12.6. The molecule has 9 heteroatoms. The molecule has 3 unspecified atom stereocenters. The number of aliphatic hydroxyl groups is 1. The van der Waals surface area contributed by atoms with Gasteiger partial charge in [0.1, 0.15) is 13.2 Å². The third-order valence-corrected chi connectivity index (χ3v) is 11.2. The number of unbranched alkanes of at least 4 members (excludes halogenated alkanes) is 23. The van der Waals surface area contributed by atoms with Crippen LogP contribution >= 0.6 is 7.82 Å². The molecule has 0 bridgehead atoms. The highest BCUT2D eigenvalue weighted by Gasteiger charge is 2.23. The molecule has 0 radical (unpaired) electrons. The topological polar surface area (TPSA) is 108 Å². The molecule has 0 aromatic heterocycles. The minimum Gasteiger partial charge on any atom is -0.756 e.